The van der Waals surface area contributed by atoms with Crippen LogP contribution in [0, 0.1) is 0 Å². The molecule has 0 bridgehead atoms. The van der Waals surface area contributed by atoms with Gasteiger partial charge in [0.25, 0.3) is 0 Å². The summed E-state index contributed by atoms with van der Waals surface area (Å²) < 4.78 is 5.48. The topological polar surface area (TPSA) is 35.9 Å². The van der Waals surface area contributed by atoms with Crippen molar-refractivity contribution in [2.75, 3.05) is 50.9 Å². The van der Waals surface area contributed by atoms with Crippen molar-refractivity contribution in [2.45, 2.75) is 19.4 Å². The Morgan fingerprint density at radius 2 is 2.10 bits per heavy atom. The second-order valence-electron chi connectivity index (χ2n) is 5.36. The molecule has 20 heavy (non-hydrogen) atoms. The minimum absolute atomic E-state index is 0.247. The number of benzene rings is 1. The Labute approximate surface area is 122 Å². The third-order valence-electron chi connectivity index (χ3n) is 3.87. The van der Waals surface area contributed by atoms with Gasteiger partial charge in [0.2, 0.25) is 0 Å². The van der Waals surface area contributed by atoms with E-state index in [2.05, 4.69) is 41.0 Å². The van der Waals surface area contributed by atoms with Gasteiger partial charge in [-0.15, -0.1) is 0 Å². The molecule has 0 saturated carbocycles. The first kappa shape index (κ1) is 15.3. The zero-order chi connectivity index (χ0) is 14.2. The molecule has 1 fully saturated rings. The molecule has 4 heteroatoms. The molecule has 1 aliphatic rings. The number of nitrogens with zero attached hydrogens (tertiary/aromatic N) is 2. The van der Waals surface area contributed by atoms with Gasteiger partial charge in [-0.2, -0.15) is 0 Å². The monoisotopic (exact) mass is 278 g/mol. The van der Waals surface area contributed by atoms with Gasteiger partial charge in [-0.05, 0) is 25.5 Å². The van der Waals surface area contributed by atoms with Crippen molar-refractivity contribution in [3.63, 3.8) is 0 Å². The van der Waals surface area contributed by atoms with Crippen molar-refractivity contribution >= 4 is 5.69 Å². The number of aliphatic hydroxyl groups is 1. The second kappa shape index (κ2) is 8.25. The lowest BCUT2D eigenvalue weighted by Gasteiger charge is -2.35. The minimum Gasteiger partial charge on any atom is -0.396 e. The summed E-state index contributed by atoms with van der Waals surface area (Å²) in [4.78, 5) is 4.84. The van der Waals surface area contributed by atoms with E-state index in [0.29, 0.717) is 6.04 Å². The Bertz CT molecular complexity index is 372. The molecule has 1 aromatic carbocycles. The lowest BCUT2D eigenvalue weighted by atomic mass is 10.2. The van der Waals surface area contributed by atoms with E-state index >= 15 is 0 Å². The van der Waals surface area contributed by atoms with Crippen LogP contribution in [0.5, 0.6) is 0 Å². The molecule has 1 heterocycles. The molecule has 1 aromatic rings. The van der Waals surface area contributed by atoms with Crippen LogP contribution >= 0.6 is 0 Å². The number of para-hydroxylation sites is 1. The summed E-state index contributed by atoms with van der Waals surface area (Å²) in [7, 11) is 0. The highest BCUT2D eigenvalue weighted by Gasteiger charge is 2.19. The van der Waals surface area contributed by atoms with Crippen molar-refractivity contribution in [2.24, 2.45) is 0 Å². The number of anilines is 1. The molecule has 4 nitrogen and oxygen atoms in total. The summed E-state index contributed by atoms with van der Waals surface area (Å²) in [5.41, 5.74) is 1.24. The van der Waals surface area contributed by atoms with Crippen molar-refractivity contribution in [1.82, 2.24) is 4.90 Å². The molecular formula is C16H26N2O2. The van der Waals surface area contributed by atoms with Gasteiger partial charge < -0.3 is 14.7 Å². The average Bonchev–Trinajstić information content (AvgIpc) is 2.50. The molecule has 0 aromatic heterocycles. The highest BCUT2D eigenvalue weighted by molar-refractivity contribution is 5.45. The van der Waals surface area contributed by atoms with Crippen molar-refractivity contribution in [3.8, 4) is 0 Å². The normalized spacial score (nSPS) is 20.0. The largest absolute Gasteiger partial charge is 0.396 e. The molecule has 0 spiro atoms. The SMILES string of the molecule is C[C@@H]1COCCN1CCN(CCCO)c1ccccc1. The first-order valence-electron chi connectivity index (χ1n) is 7.54. The number of morpholine rings is 1. The fourth-order valence-corrected chi connectivity index (χ4v) is 2.61. The molecule has 0 radical (unpaired) electrons. The van der Waals surface area contributed by atoms with Gasteiger partial charge in [-0.1, -0.05) is 18.2 Å². The highest BCUT2D eigenvalue weighted by Crippen LogP contribution is 2.14. The van der Waals surface area contributed by atoms with Crippen LogP contribution < -0.4 is 4.90 Å². The Balaban J connectivity index is 1.90. The van der Waals surface area contributed by atoms with Crippen LogP contribution in [0.15, 0.2) is 30.3 Å². The molecule has 0 unspecified atom stereocenters. The van der Waals surface area contributed by atoms with E-state index in [9.17, 15) is 0 Å². The average molecular weight is 278 g/mol. The third-order valence-corrected chi connectivity index (χ3v) is 3.87. The van der Waals surface area contributed by atoms with Gasteiger partial charge in [0.15, 0.2) is 0 Å². The molecule has 0 amide bonds. The molecule has 0 aliphatic carbocycles. The zero-order valence-corrected chi connectivity index (χ0v) is 12.4. The van der Waals surface area contributed by atoms with E-state index in [0.717, 1.165) is 45.8 Å². The maximum Gasteiger partial charge on any atom is 0.0619 e. The number of hydrogen-bond donors (Lipinski definition) is 1. The number of aliphatic hydroxyl groups excluding tert-OH is 1. The van der Waals surface area contributed by atoms with Crippen molar-refractivity contribution in [1.29, 1.82) is 0 Å². The summed E-state index contributed by atoms with van der Waals surface area (Å²) in [5, 5.41) is 9.07. The fraction of sp³-hybridized carbons (Fsp3) is 0.625. The molecule has 1 aliphatic heterocycles. The van der Waals surface area contributed by atoms with Gasteiger partial charge in [0.05, 0.1) is 13.2 Å². The quantitative estimate of drug-likeness (QED) is 0.822. The van der Waals surface area contributed by atoms with Crippen LogP contribution in [0.3, 0.4) is 0 Å². The van der Waals surface area contributed by atoms with Crippen LogP contribution in [0.4, 0.5) is 5.69 Å². The zero-order valence-electron chi connectivity index (χ0n) is 12.4. The number of ether oxygens (including phenoxy) is 1. The fourth-order valence-electron chi connectivity index (χ4n) is 2.61. The third kappa shape index (κ3) is 4.47. The molecule has 1 saturated heterocycles. The first-order chi connectivity index (χ1) is 9.81. The first-order valence-corrected chi connectivity index (χ1v) is 7.54. The highest BCUT2D eigenvalue weighted by atomic mass is 16.5. The maximum atomic E-state index is 9.07. The molecule has 1 atom stereocenters. The molecule has 112 valence electrons. The summed E-state index contributed by atoms with van der Waals surface area (Å²) in [6.07, 6.45) is 0.813. The number of hydrogen-bond acceptors (Lipinski definition) is 4. The van der Waals surface area contributed by atoms with Gasteiger partial charge in [0.1, 0.15) is 0 Å². The summed E-state index contributed by atoms with van der Waals surface area (Å²) >= 11 is 0. The van der Waals surface area contributed by atoms with Crippen LogP contribution in [0.25, 0.3) is 0 Å². The van der Waals surface area contributed by atoms with Gasteiger partial charge in [-0.3, -0.25) is 4.90 Å². The van der Waals surface area contributed by atoms with E-state index in [-0.39, 0.29) is 6.61 Å². The predicted molar refractivity (Wildman–Crippen MR) is 82.2 cm³/mol. The predicted octanol–water partition coefficient (Wildman–Crippen LogP) is 1.60. The van der Waals surface area contributed by atoms with E-state index < -0.39 is 0 Å². The van der Waals surface area contributed by atoms with Crippen LogP contribution in [-0.4, -0.2) is 62.0 Å². The van der Waals surface area contributed by atoms with E-state index in [1.54, 1.807) is 0 Å². The Morgan fingerprint density at radius 1 is 1.30 bits per heavy atom. The van der Waals surface area contributed by atoms with Gasteiger partial charge >= 0.3 is 0 Å². The van der Waals surface area contributed by atoms with Crippen LogP contribution in [-0.2, 0) is 4.74 Å². The minimum atomic E-state index is 0.247. The van der Waals surface area contributed by atoms with E-state index in [1.165, 1.54) is 5.69 Å². The molecule has 1 N–H and O–H groups in total. The Morgan fingerprint density at radius 3 is 2.80 bits per heavy atom. The number of rotatable bonds is 7. The Kier molecular flexibility index (Phi) is 6.30. The lowest BCUT2D eigenvalue weighted by Crippen LogP contribution is -2.47. The smallest absolute Gasteiger partial charge is 0.0619 e. The molecular weight excluding hydrogens is 252 g/mol. The van der Waals surface area contributed by atoms with Crippen molar-refractivity contribution in [3.05, 3.63) is 30.3 Å². The summed E-state index contributed by atoms with van der Waals surface area (Å²) in [6, 6.07) is 11.0. The van der Waals surface area contributed by atoms with Crippen molar-refractivity contribution < 1.29 is 9.84 Å². The maximum absolute atomic E-state index is 9.07. The van der Waals surface area contributed by atoms with Gasteiger partial charge in [0, 0.05) is 44.5 Å². The van der Waals surface area contributed by atoms with Crippen LogP contribution in [0.1, 0.15) is 13.3 Å². The second-order valence-corrected chi connectivity index (χ2v) is 5.36. The molecule has 2 rings (SSSR count). The summed E-state index contributed by atoms with van der Waals surface area (Å²) in [6.45, 7) is 8.10. The van der Waals surface area contributed by atoms with Gasteiger partial charge in [-0.25, -0.2) is 0 Å². The lowest BCUT2D eigenvalue weighted by molar-refractivity contribution is 0.00114. The summed E-state index contributed by atoms with van der Waals surface area (Å²) in [5.74, 6) is 0. The standard InChI is InChI=1S/C16H26N2O2/c1-15-14-20-13-11-17(15)9-10-18(8-5-12-19)16-6-3-2-4-7-16/h2-4,6-7,15,19H,5,8-14H2,1H3/t15-/m1/s1. The Hall–Kier alpha value is -1.10. The van der Waals surface area contributed by atoms with Crippen LogP contribution in [0.2, 0.25) is 0 Å². The van der Waals surface area contributed by atoms with E-state index in [1.807, 2.05) is 6.07 Å². The van der Waals surface area contributed by atoms with E-state index in [4.69, 9.17) is 9.84 Å².